The Morgan fingerprint density at radius 2 is 2.05 bits per heavy atom. The second kappa shape index (κ2) is 4.47. The molecule has 1 saturated heterocycles. The average molecular weight is 383 g/mol. The molecule has 2 aliphatic carbocycles. The van der Waals surface area contributed by atoms with Gasteiger partial charge >= 0.3 is 0 Å². The molecule has 98 valence electrons. The highest BCUT2D eigenvalue weighted by atomic mass is 79.9. The molecule has 4 rings (SSSR count). The van der Waals surface area contributed by atoms with Crippen molar-refractivity contribution in [2.24, 2.45) is 0 Å². The summed E-state index contributed by atoms with van der Waals surface area (Å²) >= 11 is 7.26. The zero-order valence-corrected chi connectivity index (χ0v) is 13.5. The number of fused-ring (bicyclic) bond motifs is 3. The van der Waals surface area contributed by atoms with Crippen LogP contribution in [0.5, 0.6) is 0 Å². The second-order valence-corrected chi connectivity index (χ2v) is 7.22. The highest BCUT2D eigenvalue weighted by Crippen LogP contribution is 2.24. The van der Waals surface area contributed by atoms with Gasteiger partial charge in [0.25, 0.3) is 0 Å². The van der Waals surface area contributed by atoms with E-state index in [1.165, 1.54) is 30.8 Å². The molecule has 1 atom stereocenters. The number of hydrogen-bond donors (Lipinski definition) is 0. The van der Waals surface area contributed by atoms with Gasteiger partial charge in [-0.25, -0.2) is 0 Å². The van der Waals surface area contributed by atoms with Crippen molar-refractivity contribution in [1.82, 2.24) is 4.57 Å². The molecule has 2 heterocycles. The lowest BCUT2D eigenvalue weighted by atomic mass is 10.0. The lowest BCUT2D eigenvalue weighted by Gasteiger charge is -2.06. The van der Waals surface area contributed by atoms with Crippen LogP contribution in [0.1, 0.15) is 17.5 Å². The summed E-state index contributed by atoms with van der Waals surface area (Å²) in [7, 11) is 0. The first-order chi connectivity index (χ1) is 9.22. The van der Waals surface area contributed by atoms with Gasteiger partial charge in [-0.3, -0.25) is 0 Å². The van der Waals surface area contributed by atoms with Crippen LogP contribution in [0.2, 0.25) is 0 Å². The van der Waals surface area contributed by atoms with Crippen LogP contribution in [-0.4, -0.2) is 17.3 Å². The van der Waals surface area contributed by atoms with Gasteiger partial charge in [-0.05, 0) is 39.2 Å². The van der Waals surface area contributed by atoms with E-state index < -0.39 is 0 Å². The summed E-state index contributed by atoms with van der Waals surface area (Å²) in [4.78, 5) is 0. The van der Waals surface area contributed by atoms with Crippen LogP contribution in [-0.2, 0) is 17.7 Å². The molecule has 3 aliphatic rings. The average Bonchev–Trinajstić information content (AvgIpc) is 3.16. The number of halogens is 2. The van der Waals surface area contributed by atoms with Gasteiger partial charge in [0.05, 0.1) is 19.3 Å². The fourth-order valence-corrected chi connectivity index (χ4v) is 3.67. The zero-order chi connectivity index (χ0) is 13.0. The van der Waals surface area contributed by atoms with Gasteiger partial charge in [0, 0.05) is 22.7 Å². The van der Waals surface area contributed by atoms with E-state index >= 15 is 0 Å². The van der Waals surface area contributed by atoms with Crippen LogP contribution in [0.3, 0.4) is 0 Å². The molecule has 0 amide bonds. The van der Waals surface area contributed by atoms with Gasteiger partial charge in [-0.2, -0.15) is 0 Å². The van der Waals surface area contributed by atoms with Crippen molar-refractivity contribution in [2.45, 2.75) is 25.5 Å². The van der Waals surface area contributed by atoms with E-state index in [1.807, 2.05) is 0 Å². The Labute approximate surface area is 128 Å². The SMILES string of the molecule is BrC1=Cc2c3c(n(CC4CO4)c2=CC1)=CC=C(Br)C3. The lowest BCUT2D eigenvalue weighted by molar-refractivity contribution is 0.379. The molecular weight excluding hydrogens is 370 g/mol. The molecule has 1 fully saturated rings. The van der Waals surface area contributed by atoms with Crippen molar-refractivity contribution in [3.8, 4) is 0 Å². The van der Waals surface area contributed by atoms with Crippen molar-refractivity contribution in [2.75, 3.05) is 6.61 Å². The van der Waals surface area contributed by atoms with E-state index in [0.29, 0.717) is 6.10 Å². The Hall–Kier alpha value is -0.580. The Balaban J connectivity index is 1.98. The standard InChI is InChI=1S/C15H13Br2NO/c16-9-1-3-14-12(5-9)13-6-10(17)2-4-15(13)18(14)7-11-8-19-11/h1,3-4,6,11H,2,5,7-8H2. The Morgan fingerprint density at radius 1 is 1.21 bits per heavy atom. The number of epoxide rings is 1. The molecule has 0 saturated carbocycles. The summed E-state index contributed by atoms with van der Waals surface area (Å²) in [6.45, 7) is 1.88. The van der Waals surface area contributed by atoms with E-state index in [1.54, 1.807) is 0 Å². The van der Waals surface area contributed by atoms with Gasteiger partial charge in [0.1, 0.15) is 0 Å². The highest BCUT2D eigenvalue weighted by Gasteiger charge is 2.26. The monoisotopic (exact) mass is 381 g/mol. The summed E-state index contributed by atoms with van der Waals surface area (Å²) in [5, 5.41) is 2.70. The maximum atomic E-state index is 5.41. The molecule has 1 aromatic heterocycles. The topological polar surface area (TPSA) is 17.5 Å². The number of ether oxygens (including phenoxy) is 1. The fraction of sp³-hybridized carbons (Fsp3) is 0.333. The predicted octanol–water partition coefficient (Wildman–Crippen LogP) is 2.42. The van der Waals surface area contributed by atoms with Gasteiger partial charge in [0.15, 0.2) is 0 Å². The van der Waals surface area contributed by atoms with Crippen LogP contribution in [0.25, 0.3) is 18.2 Å². The lowest BCUT2D eigenvalue weighted by Crippen LogP contribution is -2.31. The van der Waals surface area contributed by atoms with Gasteiger partial charge < -0.3 is 9.30 Å². The normalized spacial score (nSPS) is 23.6. The third kappa shape index (κ3) is 2.10. The minimum Gasteiger partial charge on any atom is -0.371 e. The zero-order valence-electron chi connectivity index (χ0n) is 10.3. The van der Waals surface area contributed by atoms with Crippen molar-refractivity contribution in [3.63, 3.8) is 0 Å². The number of allylic oxidation sites excluding steroid dienone is 3. The Bertz CT molecular complexity index is 735. The summed E-state index contributed by atoms with van der Waals surface area (Å²) in [5.41, 5.74) is 2.80. The van der Waals surface area contributed by atoms with Gasteiger partial charge in [-0.15, -0.1) is 0 Å². The van der Waals surface area contributed by atoms with Gasteiger partial charge in [0.2, 0.25) is 0 Å². The largest absolute Gasteiger partial charge is 0.371 e. The summed E-state index contributed by atoms with van der Waals surface area (Å²) in [6.07, 6.45) is 11.4. The second-order valence-electron chi connectivity index (χ2n) is 5.19. The van der Waals surface area contributed by atoms with Crippen molar-refractivity contribution >= 4 is 50.1 Å². The fourth-order valence-electron chi connectivity index (χ4n) is 2.87. The summed E-state index contributed by atoms with van der Waals surface area (Å²) in [5.74, 6) is 0. The smallest absolute Gasteiger partial charge is 0.0988 e. The van der Waals surface area contributed by atoms with E-state index in [9.17, 15) is 0 Å². The summed E-state index contributed by atoms with van der Waals surface area (Å²) in [6, 6.07) is 0. The molecule has 4 heteroatoms. The minimum absolute atomic E-state index is 0.408. The number of rotatable bonds is 2. The molecule has 0 bridgehead atoms. The maximum absolute atomic E-state index is 5.41. The number of nitrogens with zero attached hydrogens (tertiary/aromatic N) is 1. The van der Waals surface area contributed by atoms with E-state index in [0.717, 1.165) is 26.0 Å². The van der Waals surface area contributed by atoms with E-state index in [2.05, 4.69) is 60.7 Å². The third-order valence-electron chi connectivity index (χ3n) is 3.84. The van der Waals surface area contributed by atoms with Crippen LogP contribution in [0, 0.1) is 0 Å². The Kier molecular flexibility index (Phi) is 2.87. The molecule has 19 heavy (non-hydrogen) atoms. The van der Waals surface area contributed by atoms with Crippen molar-refractivity contribution in [1.29, 1.82) is 0 Å². The van der Waals surface area contributed by atoms with E-state index in [4.69, 9.17) is 4.74 Å². The number of hydrogen-bond acceptors (Lipinski definition) is 1. The molecule has 0 spiro atoms. The van der Waals surface area contributed by atoms with E-state index in [-0.39, 0.29) is 0 Å². The summed E-state index contributed by atoms with van der Waals surface area (Å²) < 4.78 is 10.3. The molecule has 2 nitrogen and oxygen atoms in total. The maximum Gasteiger partial charge on any atom is 0.0988 e. The highest BCUT2D eigenvalue weighted by molar-refractivity contribution is 9.12. The first kappa shape index (κ1) is 12.2. The Morgan fingerprint density at radius 3 is 2.84 bits per heavy atom. The van der Waals surface area contributed by atoms with Crippen molar-refractivity contribution < 1.29 is 4.74 Å². The molecular formula is C15H13Br2NO. The van der Waals surface area contributed by atoms with Crippen LogP contribution >= 0.6 is 31.9 Å². The molecule has 0 N–H and O–H groups in total. The minimum atomic E-state index is 0.408. The first-order valence-electron chi connectivity index (χ1n) is 6.48. The molecule has 0 aromatic carbocycles. The third-order valence-corrected chi connectivity index (χ3v) is 4.94. The van der Waals surface area contributed by atoms with Gasteiger partial charge in [-0.1, -0.05) is 37.9 Å². The first-order valence-corrected chi connectivity index (χ1v) is 8.06. The van der Waals surface area contributed by atoms with Crippen LogP contribution in [0.4, 0.5) is 0 Å². The van der Waals surface area contributed by atoms with Crippen LogP contribution < -0.4 is 10.7 Å². The molecule has 1 aliphatic heterocycles. The quantitative estimate of drug-likeness (QED) is 0.718. The number of aromatic nitrogens is 1. The predicted molar refractivity (Wildman–Crippen MR) is 84.6 cm³/mol. The molecule has 1 aromatic rings. The molecule has 0 radical (unpaired) electrons. The van der Waals surface area contributed by atoms with Crippen molar-refractivity contribution in [3.05, 3.63) is 36.9 Å². The van der Waals surface area contributed by atoms with Crippen LogP contribution in [0.15, 0.2) is 15.0 Å². The molecule has 1 unspecified atom stereocenters.